The van der Waals surface area contributed by atoms with Crippen molar-refractivity contribution in [2.45, 2.75) is 52.9 Å². The first kappa shape index (κ1) is 27.5. The smallest absolute Gasteiger partial charge is 0.0323 e. The van der Waals surface area contributed by atoms with Crippen molar-refractivity contribution in [3.8, 4) is 0 Å². The maximum Gasteiger partial charge on any atom is 0.0323 e. The van der Waals surface area contributed by atoms with Crippen LogP contribution in [0.2, 0.25) is 0 Å². The molecule has 0 aromatic heterocycles. The quantitative estimate of drug-likeness (QED) is 0.265. The Kier molecular flexibility index (Phi) is 9.29. The Labute approximate surface area is 230 Å². The molecule has 1 N–H and O–H groups in total. The van der Waals surface area contributed by atoms with Crippen molar-refractivity contribution in [3.63, 3.8) is 0 Å². The standard InChI is InChI=1S/C36H44N2/c1-6-32-16-18-33(19-17-32)20-23-37-31(5)36(27-34-13-8-7-9-14-34)21-24-38(25-22-36)30(4)29(3)26-35-15-11-10-12-28(35)2/h7-19,26,37H,4-6,20-25,27H2,1-3H3/b29-26+. The van der Waals surface area contributed by atoms with E-state index in [9.17, 15) is 0 Å². The van der Waals surface area contributed by atoms with Crippen LogP contribution in [0.25, 0.3) is 6.08 Å². The van der Waals surface area contributed by atoms with Gasteiger partial charge in [-0.05, 0) is 85.4 Å². The number of nitrogens with zero attached hydrogens (tertiary/aromatic N) is 1. The van der Waals surface area contributed by atoms with E-state index in [1.807, 2.05) is 0 Å². The van der Waals surface area contributed by atoms with E-state index in [-0.39, 0.29) is 5.41 Å². The van der Waals surface area contributed by atoms with Gasteiger partial charge in [0.25, 0.3) is 0 Å². The Balaban J connectivity index is 1.42. The largest absolute Gasteiger partial charge is 0.388 e. The van der Waals surface area contributed by atoms with Gasteiger partial charge in [-0.15, -0.1) is 0 Å². The molecule has 0 saturated carbocycles. The van der Waals surface area contributed by atoms with Gasteiger partial charge < -0.3 is 10.2 Å². The molecule has 1 fully saturated rings. The van der Waals surface area contributed by atoms with Crippen molar-refractivity contribution in [2.24, 2.45) is 5.41 Å². The first-order chi connectivity index (χ1) is 18.4. The highest BCUT2D eigenvalue weighted by Crippen LogP contribution is 2.41. The summed E-state index contributed by atoms with van der Waals surface area (Å²) in [6.07, 6.45) is 7.52. The molecule has 0 bridgehead atoms. The lowest BCUT2D eigenvalue weighted by Gasteiger charge is -2.45. The van der Waals surface area contributed by atoms with Crippen molar-refractivity contribution < 1.29 is 0 Å². The van der Waals surface area contributed by atoms with E-state index in [0.717, 1.165) is 57.4 Å². The fourth-order valence-electron chi connectivity index (χ4n) is 5.58. The Morgan fingerprint density at radius 1 is 0.868 bits per heavy atom. The third-order valence-electron chi connectivity index (χ3n) is 8.33. The lowest BCUT2D eigenvalue weighted by Crippen LogP contribution is -2.44. The second kappa shape index (κ2) is 12.8. The molecular formula is C36H44N2. The number of allylic oxidation sites excluding steroid dienone is 2. The molecule has 1 heterocycles. The predicted octanol–water partition coefficient (Wildman–Crippen LogP) is 8.15. The average Bonchev–Trinajstić information content (AvgIpc) is 2.95. The average molecular weight is 505 g/mol. The van der Waals surface area contributed by atoms with E-state index in [1.165, 1.54) is 39.1 Å². The molecule has 0 amide bonds. The van der Waals surface area contributed by atoms with Gasteiger partial charge in [0.15, 0.2) is 0 Å². The fourth-order valence-corrected chi connectivity index (χ4v) is 5.58. The fraction of sp³-hybridized carbons (Fsp3) is 0.333. The molecule has 38 heavy (non-hydrogen) atoms. The van der Waals surface area contributed by atoms with Crippen LogP contribution in [-0.2, 0) is 19.3 Å². The maximum atomic E-state index is 4.61. The summed E-state index contributed by atoms with van der Waals surface area (Å²) in [5, 5.41) is 3.75. The highest BCUT2D eigenvalue weighted by Gasteiger charge is 2.37. The Morgan fingerprint density at radius 3 is 2.16 bits per heavy atom. The molecule has 1 aliphatic heterocycles. The van der Waals surface area contributed by atoms with E-state index in [1.54, 1.807) is 0 Å². The molecular weight excluding hydrogens is 460 g/mol. The minimum absolute atomic E-state index is 0.0395. The summed E-state index contributed by atoms with van der Waals surface area (Å²) in [5.74, 6) is 0. The Bertz CT molecular complexity index is 1240. The zero-order chi connectivity index (χ0) is 27.0. The molecule has 1 aliphatic rings. The third kappa shape index (κ3) is 6.86. The number of nitrogens with one attached hydrogen (secondary N) is 1. The number of rotatable bonds is 11. The second-order valence-corrected chi connectivity index (χ2v) is 10.9. The number of piperidine rings is 1. The van der Waals surface area contributed by atoms with Gasteiger partial charge in [0.2, 0.25) is 0 Å². The minimum atomic E-state index is 0.0395. The van der Waals surface area contributed by atoms with Gasteiger partial charge in [-0.2, -0.15) is 0 Å². The van der Waals surface area contributed by atoms with Crippen LogP contribution >= 0.6 is 0 Å². The van der Waals surface area contributed by atoms with Crippen LogP contribution < -0.4 is 5.32 Å². The topological polar surface area (TPSA) is 15.3 Å². The molecule has 198 valence electrons. The van der Waals surface area contributed by atoms with E-state index < -0.39 is 0 Å². The SMILES string of the molecule is C=C(/C(C)=C/c1ccccc1C)N1CCC(Cc2ccccc2)(C(=C)NCCc2ccc(CC)cc2)CC1. The summed E-state index contributed by atoms with van der Waals surface area (Å²) in [5.41, 5.74) is 10.3. The first-order valence-electron chi connectivity index (χ1n) is 14.1. The molecule has 1 saturated heterocycles. The van der Waals surface area contributed by atoms with Crippen LogP contribution in [0, 0.1) is 12.3 Å². The summed E-state index contributed by atoms with van der Waals surface area (Å²) in [7, 11) is 0. The van der Waals surface area contributed by atoms with Crippen molar-refractivity contribution in [2.75, 3.05) is 19.6 Å². The minimum Gasteiger partial charge on any atom is -0.388 e. The first-order valence-corrected chi connectivity index (χ1v) is 14.1. The number of hydrogen-bond acceptors (Lipinski definition) is 2. The lowest BCUT2D eigenvalue weighted by atomic mass is 9.71. The summed E-state index contributed by atoms with van der Waals surface area (Å²) in [6, 6.07) is 28.5. The van der Waals surface area contributed by atoms with Crippen molar-refractivity contribution in [1.82, 2.24) is 10.2 Å². The van der Waals surface area contributed by atoms with Crippen LogP contribution in [0.1, 0.15) is 54.5 Å². The van der Waals surface area contributed by atoms with Gasteiger partial charge in [-0.25, -0.2) is 0 Å². The van der Waals surface area contributed by atoms with Gasteiger partial charge in [0, 0.05) is 36.4 Å². The van der Waals surface area contributed by atoms with Crippen LogP contribution in [0.3, 0.4) is 0 Å². The van der Waals surface area contributed by atoms with E-state index >= 15 is 0 Å². The summed E-state index contributed by atoms with van der Waals surface area (Å²) >= 11 is 0. The lowest BCUT2D eigenvalue weighted by molar-refractivity contribution is 0.155. The molecule has 0 spiro atoms. The number of aryl methyl sites for hydroxylation is 2. The maximum absolute atomic E-state index is 4.61. The van der Waals surface area contributed by atoms with Gasteiger partial charge in [-0.1, -0.05) is 98.9 Å². The van der Waals surface area contributed by atoms with E-state index in [0.29, 0.717) is 0 Å². The highest BCUT2D eigenvalue weighted by atomic mass is 15.1. The number of benzene rings is 3. The monoisotopic (exact) mass is 504 g/mol. The van der Waals surface area contributed by atoms with E-state index in [4.69, 9.17) is 0 Å². The van der Waals surface area contributed by atoms with Gasteiger partial charge in [-0.3, -0.25) is 0 Å². The molecule has 2 nitrogen and oxygen atoms in total. The van der Waals surface area contributed by atoms with Crippen LogP contribution in [0.15, 0.2) is 109 Å². The number of likely N-dealkylation sites (tertiary alicyclic amines) is 1. The number of hydrogen-bond donors (Lipinski definition) is 1. The summed E-state index contributed by atoms with van der Waals surface area (Å²) < 4.78 is 0. The van der Waals surface area contributed by atoms with Gasteiger partial charge in [0.05, 0.1) is 0 Å². The Morgan fingerprint density at radius 2 is 1.50 bits per heavy atom. The summed E-state index contributed by atoms with van der Waals surface area (Å²) in [4.78, 5) is 2.47. The molecule has 0 aliphatic carbocycles. The molecule has 0 radical (unpaired) electrons. The molecule has 2 heteroatoms. The molecule has 0 unspecified atom stereocenters. The van der Waals surface area contributed by atoms with Gasteiger partial charge >= 0.3 is 0 Å². The Hall–Kier alpha value is -3.52. The zero-order valence-electron chi connectivity index (χ0n) is 23.6. The zero-order valence-corrected chi connectivity index (χ0v) is 23.6. The normalized spacial score (nSPS) is 15.2. The van der Waals surface area contributed by atoms with Crippen LogP contribution in [0.5, 0.6) is 0 Å². The summed E-state index contributed by atoms with van der Waals surface area (Å²) in [6.45, 7) is 18.6. The second-order valence-electron chi connectivity index (χ2n) is 10.9. The third-order valence-corrected chi connectivity index (χ3v) is 8.33. The van der Waals surface area contributed by atoms with Crippen molar-refractivity contribution in [3.05, 3.63) is 137 Å². The molecule has 4 rings (SSSR count). The molecule has 0 atom stereocenters. The highest BCUT2D eigenvalue weighted by molar-refractivity contribution is 5.59. The molecule has 3 aromatic rings. The molecule has 3 aromatic carbocycles. The van der Waals surface area contributed by atoms with Crippen LogP contribution in [0.4, 0.5) is 0 Å². The van der Waals surface area contributed by atoms with Crippen LogP contribution in [-0.4, -0.2) is 24.5 Å². The van der Waals surface area contributed by atoms with E-state index in [2.05, 4.69) is 129 Å². The van der Waals surface area contributed by atoms with Gasteiger partial charge in [0.1, 0.15) is 0 Å². The predicted molar refractivity (Wildman–Crippen MR) is 164 cm³/mol. The van der Waals surface area contributed by atoms with Crippen molar-refractivity contribution >= 4 is 6.08 Å². The van der Waals surface area contributed by atoms with Crippen molar-refractivity contribution in [1.29, 1.82) is 0 Å².